The zero-order valence-electron chi connectivity index (χ0n) is 9.79. The first-order valence-corrected chi connectivity index (χ1v) is 6.95. The molecule has 0 saturated heterocycles. The van der Waals surface area contributed by atoms with Crippen LogP contribution in [0.4, 0.5) is 5.82 Å². The van der Waals surface area contributed by atoms with Gasteiger partial charge in [0, 0.05) is 5.41 Å². The largest absolute Gasteiger partial charge is 0.380 e. The lowest BCUT2D eigenvalue weighted by atomic mass is 9.49. The molecule has 0 spiro atoms. The highest BCUT2D eigenvalue weighted by Crippen LogP contribution is 2.61. The van der Waals surface area contributed by atoms with Crippen LogP contribution in [0, 0.1) is 17.8 Å². The number of halogens is 1. The summed E-state index contributed by atoms with van der Waals surface area (Å²) in [7, 11) is 0. The van der Waals surface area contributed by atoms with Crippen molar-refractivity contribution < 1.29 is 4.52 Å². The van der Waals surface area contributed by atoms with Crippen molar-refractivity contribution in [2.24, 2.45) is 17.8 Å². The minimum atomic E-state index is 0.163. The van der Waals surface area contributed by atoms with Gasteiger partial charge in [0.2, 0.25) is 0 Å². The van der Waals surface area contributed by atoms with E-state index in [1.807, 2.05) is 0 Å². The number of aromatic nitrogens is 1. The third-order valence-corrected chi connectivity index (χ3v) is 5.54. The van der Waals surface area contributed by atoms with Gasteiger partial charge in [-0.05, 0) is 56.3 Å². The Morgan fingerprint density at radius 1 is 1.12 bits per heavy atom. The fourth-order valence-electron chi connectivity index (χ4n) is 5.01. The lowest BCUT2D eigenvalue weighted by Gasteiger charge is -2.55. The minimum absolute atomic E-state index is 0.163. The summed E-state index contributed by atoms with van der Waals surface area (Å²) in [5.74, 6) is 3.88. The van der Waals surface area contributed by atoms with E-state index in [4.69, 9.17) is 21.9 Å². The number of nitrogens with two attached hydrogens (primary N) is 1. The highest BCUT2D eigenvalue weighted by atomic mass is 35.5. The van der Waals surface area contributed by atoms with E-state index in [0.717, 1.165) is 23.5 Å². The number of anilines is 1. The van der Waals surface area contributed by atoms with Gasteiger partial charge in [-0.1, -0.05) is 16.8 Å². The Hall–Kier alpha value is -0.700. The van der Waals surface area contributed by atoms with E-state index in [-0.39, 0.29) is 5.41 Å². The summed E-state index contributed by atoms with van der Waals surface area (Å²) in [5, 5.41) is 4.42. The van der Waals surface area contributed by atoms with Crippen LogP contribution in [0.3, 0.4) is 0 Å². The molecule has 5 rings (SSSR count). The molecular formula is C13H17ClN2O. The molecule has 17 heavy (non-hydrogen) atoms. The van der Waals surface area contributed by atoms with E-state index in [1.54, 1.807) is 0 Å². The molecule has 4 saturated carbocycles. The van der Waals surface area contributed by atoms with Crippen LogP contribution in [0.15, 0.2) is 4.52 Å². The van der Waals surface area contributed by atoms with Crippen LogP contribution in [0.5, 0.6) is 0 Å². The molecule has 4 fully saturated rings. The summed E-state index contributed by atoms with van der Waals surface area (Å²) >= 11 is 6.26. The number of nitrogen functional groups attached to an aromatic ring is 1. The van der Waals surface area contributed by atoms with Crippen molar-refractivity contribution in [2.75, 3.05) is 5.73 Å². The number of nitrogens with zero attached hydrogens (tertiary/aromatic N) is 1. The van der Waals surface area contributed by atoms with E-state index in [1.165, 1.54) is 38.5 Å². The maximum atomic E-state index is 6.26. The van der Waals surface area contributed by atoms with Gasteiger partial charge in [0.15, 0.2) is 11.6 Å². The van der Waals surface area contributed by atoms with Crippen LogP contribution >= 0.6 is 11.6 Å². The highest BCUT2D eigenvalue weighted by molar-refractivity contribution is 6.33. The van der Waals surface area contributed by atoms with Crippen LogP contribution in [0.1, 0.15) is 44.3 Å². The lowest BCUT2D eigenvalue weighted by Crippen LogP contribution is -2.48. The molecule has 0 atom stereocenters. The summed E-state index contributed by atoms with van der Waals surface area (Å²) in [4.78, 5) is 0. The normalized spacial score (nSPS) is 43.2. The topological polar surface area (TPSA) is 52.0 Å². The Morgan fingerprint density at radius 3 is 2.06 bits per heavy atom. The van der Waals surface area contributed by atoms with Gasteiger partial charge in [-0.3, -0.25) is 0 Å². The average molecular weight is 253 g/mol. The molecule has 0 radical (unpaired) electrons. The molecule has 4 heteroatoms. The SMILES string of the molecule is Nc1noc(C23CC4CC(CC(C4)C2)C3)c1Cl. The maximum Gasteiger partial charge on any atom is 0.186 e. The molecule has 0 unspecified atom stereocenters. The molecule has 4 aliphatic rings. The fourth-order valence-corrected chi connectivity index (χ4v) is 5.28. The molecule has 1 heterocycles. The van der Waals surface area contributed by atoms with Crippen molar-refractivity contribution in [1.82, 2.24) is 5.16 Å². The molecule has 2 N–H and O–H groups in total. The monoisotopic (exact) mass is 252 g/mol. The van der Waals surface area contributed by atoms with Crippen molar-refractivity contribution in [2.45, 2.75) is 43.9 Å². The molecule has 3 nitrogen and oxygen atoms in total. The summed E-state index contributed by atoms with van der Waals surface area (Å²) in [6, 6.07) is 0. The van der Waals surface area contributed by atoms with Crippen molar-refractivity contribution in [3.8, 4) is 0 Å². The van der Waals surface area contributed by atoms with Crippen molar-refractivity contribution >= 4 is 17.4 Å². The zero-order chi connectivity index (χ0) is 11.6. The Balaban J connectivity index is 1.80. The molecule has 4 aliphatic carbocycles. The standard InChI is InChI=1S/C13H17ClN2O/c14-10-11(17-16-12(10)15)13-4-7-1-8(5-13)3-9(2-7)6-13/h7-9H,1-6H2,(H2,15,16). The van der Waals surface area contributed by atoms with Gasteiger partial charge in [-0.25, -0.2) is 0 Å². The summed E-state index contributed by atoms with van der Waals surface area (Å²) in [6.07, 6.45) is 7.94. The molecule has 1 aromatic heterocycles. The van der Waals surface area contributed by atoms with Crippen molar-refractivity contribution in [1.29, 1.82) is 0 Å². The molecular weight excluding hydrogens is 236 g/mol. The first-order chi connectivity index (χ1) is 8.16. The van der Waals surface area contributed by atoms with E-state index in [2.05, 4.69) is 5.16 Å². The first kappa shape index (κ1) is 10.2. The zero-order valence-corrected chi connectivity index (χ0v) is 10.5. The highest BCUT2D eigenvalue weighted by Gasteiger charge is 2.54. The van der Waals surface area contributed by atoms with Crippen LogP contribution in [-0.2, 0) is 5.41 Å². The van der Waals surface area contributed by atoms with Gasteiger partial charge in [-0.2, -0.15) is 0 Å². The van der Waals surface area contributed by atoms with Gasteiger partial charge < -0.3 is 10.3 Å². The van der Waals surface area contributed by atoms with E-state index < -0.39 is 0 Å². The second kappa shape index (κ2) is 3.19. The van der Waals surface area contributed by atoms with Crippen LogP contribution in [0.2, 0.25) is 5.02 Å². The minimum Gasteiger partial charge on any atom is -0.380 e. The Labute approximate surface area is 106 Å². The quantitative estimate of drug-likeness (QED) is 0.834. The number of rotatable bonds is 1. The van der Waals surface area contributed by atoms with Crippen LogP contribution < -0.4 is 5.73 Å². The van der Waals surface area contributed by atoms with Crippen molar-refractivity contribution in [3.05, 3.63) is 10.8 Å². The van der Waals surface area contributed by atoms with Gasteiger partial charge >= 0.3 is 0 Å². The molecule has 0 aromatic carbocycles. The molecule has 92 valence electrons. The third kappa shape index (κ3) is 1.32. The number of hydrogen-bond acceptors (Lipinski definition) is 3. The first-order valence-electron chi connectivity index (χ1n) is 6.57. The van der Waals surface area contributed by atoms with Crippen LogP contribution in [-0.4, -0.2) is 5.16 Å². The Kier molecular flexibility index (Phi) is 1.92. The maximum absolute atomic E-state index is 6.26. The van der Waals surface area contributed by atoms with Crippen molar-refractivity contribution in [3.63, 3.8) is 0 Å². The molecule has 0 amide bonds. The molecule has 0 aliphatic heterocycles. The molecule has 4 bridgehead atoms. The van der Waals surface area contributed by atoms with Gasteiger partial charge in [0.1, 0.15) is 5.02 Å². The van der Waals surface area contributed by atoms with E-state index in [0.29, 0.717) is 10.8 Å². The van der Waals surface area contributed by atoms with E-state index >= 15 is 0 Å². The van der Waals surface area contributed by atoms with Crippen LogP contribution in [0.25, 0.3) is 0 Å². The second-order valence-corrected chi connectivity index (χ2v) is 6.79. The Bertz CT molecular complexity index is 433. The number of hydrogen-bond donors (Lipinski definition) is 1. The smallest absolute Gasteiger partial charge is 0.186 e. The average Bonchev–Trinajstić information content (AvgIpc) is 2.58. The fraction of sp³-hybridized carbons (Fsp3) is 0.769. The molecule has 1 aromatic rings. The van der Waals surface area contributed by atoms with Gasteiger partial charge in [-0.15, -0.1) is 0 Å². The summed E-state index contributed by atoms with van der Waals surface area (Å²) < 4.78 is 5.47. The predicted molar refractivity (Wildman–Crippen MR) is 65.8 cm³/mol. The van der Waals surface area contributed by atoms with E-state index in [9.17, 15) is 0 Å². The van der Waals surface area contributed by atoms with Gasteiger partial charge in [0.25, 0.3) is 0 Å². The second-order valence-electron chi connectivity index (χ2n) is 6.41. The summed E-state index contributed by atoms with van der Waals surface area (Å²) in [5.41, 5.74) is 5.89. The lowest BCUT2D eigenvalue weighted by molar-refractivity contribution is -0.0174. The third-order valence-electron chi connectivity index (χ3n) is 5.18. The Morgan fingerprint density at radius 2 is 1.65 bits per heavy atom. The summed E-state index contributed by atoms with van der Waals surface area (Å²) in [6.45, 7) is 0. The predicted octanol–water partition coefficient (Wildman–Crippen LogP) is 3.38. The van der Waals surface area contributed by atoms with Gasteiger partial charge in [0.05, 0.1) is 0 Å².